The molecule has 4 rings (SSSR count). The smallest absolute Gasteiger partial charge is 0.365 e. The first-order valence-electron chi connectivity index (χ1n) is 12.7. The fourth-order valence-electron chi connectivity index (χ4n) is 7.93. The Balaban J connectivity index is 1.49. The predicted molar refractivity (Wildman–Crippen MR) is 120 cm³/mol. The highest BCUT2D eigenvalue weighted by atomic mass is 16.5. The topological polar surface area (TPSA) is 169 Å². The van der Waals surface area contributed by atoms with Crippen LogP contribution in [0.2, 0.25) is 0 Å². The van der Waals surface area contributed by atoms with Gasteiger partial charge in [0.2, 0.25) is 5.78 Å². The largest absolute Gasteiger partial charge is 0.550 e. The molecule has 35 heavy (non-hydrogen) atoms. The number of ketones is 2. The third-order valence-corrected chi connectivity index (χ3v) is 9.89. The molecule has 9 nitrogen and oxygen atoms in total. The standard InChI is InChI=1S/C26H37NO8/c1-24-9-7-15(28)11-14(24)3-4-16-17-8-10-26(34,25(17,2)12-19(29)22(16)24)20(30)13-35-23(33)18(27)5-6-21(31)32/h11,16-19,22,29,34H,3-10,12-13,27H2,1-2H3,(H,31,32)/t16?,17?,18?,19?,22?,24-,25-,26+/m0/s1. The second-order valence-corrected chi connectivity index (χ2v) is 11.6. The van der Waals surface area contributed by atoms with Crippen molar-refractivity contribution in [1.29, 1.82) is 0 Å². The van der Waals surface area contributed by atoms with Gasteiger partial charge < -0.3 is 30.6 Å². The van der Waals surface area contributed by atoms with Gasteiger partial charge in [-0.05, 0) is 74.2 Å². The fourth-order valence-corrected chi connectivity index (χ4v) is 7.93. The quantitative estimate of drug-likeness (QED) is 0.399. The number of fused-ring (bicyclic) bond motifs is 5. The molecule has 4 aliphatic rings. The van der Waals surface area contributed by atoms with E-state index in [0.29, 0.717) is 19.3 Å². The number of carboxylic acid groups (broad SMARTS) is 1. The van der Waals surface area contributed by atoms with Gasteiger partial charge in [0.25, 0.3) is 0 Å². The van der Waals surface area contributed by atoms with E-state index in [-0.39, 0.29) is 54.6 Å². The molecule has 0 aromatic rings. The minimum absolute atomic E-state index is 0.0280. The summed E-state index contributed by atoms with van der Waals surface area (Å²) in [5, 5.41) is 33.7. The summed E-state index contributed by atoms with van der Waals surface area (Å²) < 4.78 is 5.10. The number of esters is 1. The highest BCUT2D eigenvalue weighted by Crippen LogP contribution is 2.67. The number of aliphatic hydroxyl groups excluding tert-OH is 1. The van der Waals surface area contributed by atoms with Gasteiger partial charge in [0.1, 0.15) is 5.60 Å². The molecule has 5 N–H and O–H groups in total. The van der Waals surface area contributed by atoms with E-state index in [1.165, 1.54) is 0 Å². The number of hydrogen-bond acceptors (Lipinski definition) is 8. The lowest BCUT2D eigenvalue weighted by Crippen LogP contribution is -2.66. The molecule has 0 radical (unpaired) electrons. The molecule has 0 amide bonds. The first-order chi connectivity index (χ1) is 16.3. The van der Waals surface area contributed by atoms with Gasteiger partial charge >= 0.3 is 5.97 Å². The molecule has 3 fully saturated rings. The average molecular weight is 492 g/mol. The molecule has 5 unspecified atom stereocenters. The fraction of sp³-hybridized carbons (Fsp3) is 0.769. The zero-order chi connectivity index (χ0) is 25.8. The number of allylic oxidation sites excluding steroid dienone is 1. The number of aliphatic carboxylic acids is 1. The van der Waals surface area contributed by atoms with Gasteiger partial charge in [0.05, 0.1) is 6.10 Å². The number of Topliss-reactive ketones (excluding diaryl/α,β-unsaturated/α-hetero) is 1. The third kappa shape index (κ3) is 4.15. The molecule has 0 spiro atoms. The lowest BCUT2D eigenvalue weighted by molar-refractivity contribution is -0.410. The minimum atomic E-state index is -1.73. The molecule has 0 saturated heterocycles. The van der Waals surface area contributed by atoms with Crippen molar-refractivity contribution in [2.75, 3.05) is 6.61 Å². The second-order valence-electron chi connectivity index (χ2n) is 11.6. The Bertz CT molecular complexity index is 961. The summed E-state index contributed by atoms with van der Waals surface area (Å²) in [7, 11) is 0. The molecule has 3 saturated carbocycles. The average Bonchev–Trinajstić information content (AvgIpc) is 3.06. The van der Waals surface area contributed by atoms with Crippen LogP contribution < -0.4 is 10.8 Å². The monoisotopic (exact) mass is 491 g/mol. The maximum Gasteiger partial charge on any atom is 0.365 e. The number of rotatable bonds is 7. The van der Waals surface area contributed by atoms with Crippen LogP contribution in [0.5, 0.6) is 0 Å². The lowest BCUT2D eigenvalue weighted by Gasteiger charge is -2.60. The van der Waals surface area contributed by atoms with Crippen molar-refractivity contribution in [1.82, 2.24) is 0 Å². The number of ether oxygens (including phenoxy) is 1. The van der Waals surface area contributed by atoms with E-state index in [1.807, 2.05) is 6.92 Å². The van der Waals surface area contributed by atoms with Crippen molar-refractivity contribution >= 4 is 23.5 Å². The van der Waals surface area contributed by atoms with E-state index in [4.69, 9.17) is 4.74 Å². The summed E-state index contributed by atoms with van der Waals surface area (Å²) in [4.78, 5) is 48.0. The number of quaternary nitrogens is 1. The number of carboxylic acids is 1. The summed E-state index contributed by atoms with van der Waals surface area (Å²) in [5.74, 6) is -2.42. The normalized spacial score (nSPS) is 41.2. The van der Waals surface area contributed by atoms with Crippen molar-refractivity contribution in [3.63, 3.8) is 0 Å². The Hall–Kier alpha value is -2.10. The molecular formula is C26H37NO8. The van der Waals surface area contributed by atoms with Crippen molar-refractivity contribution in [3.05, 3.63) is 11.6 Å². The number of hydrogen-bond donors (Lipinski definition) is 3. The molecule has 0 aromatic heterocycles. The van der Waals surface area contributed by atoms with Gasteiger partial charge in [-0.25, -0.2) is 4.79 Å². The first kappa shape index (κ1) is 26.0. The summed E-state index contributed by atoms with van der Waals surface area (Å²) in [6, 6.07) is -0.952. The number of carbonyl (C=O) groups is 4. The summed E-state index contributed by atoms with van der Waals surface area (Å²) in [6.07, 6.45) is 4.54. The van der Waals surface area contributed by atoms with E-state index in [2.05, 4.69) is 12.7 Å². The lowest BCUT2D eigenvalue weighted by atomic mass is 9.45. The van der Waals surface area contributed by atoms with Gasteiger partial charge in [-0.1, -0.05) is 19.4 Å². The van der Waals surface area contributed by atoms with E-state index < -0.39 is 47.5 Å². The zero-order valence-electron chi connectivity index (χ0n) is 20.6. The Labute approximate surface area is 205 Å². The molecule has 8 atom stereocenters. The second kappa shape index (κ2) is 9.09. The van der Waals surface area contributed by atoms with E-state index in [9.17, 15) is 34.5 Å². The van der Waals surface area contributed by atoms with Crippen molar-refractivity contribution < 1.29 is 45.0 Å². The Kier molecular flexibility index (Phi) is 6.74. The van der Waals surface area contributed by atoms with Crippen molar-refractivity contribution in [2.24, 2.45) is 28.6 Å². The van der Waals surface area contributed by atoms with Gasteiger partial charge in [0, 0.05) is 24.2 Å². The van der Waals surface area contributed by atoms with E-state index >= 15 is 0 Å². The van der Waals surface area contributed by atoms with Gasteiger partial charge in [0.15, 0.2) is 18.4 Å². The SMILES string of the molecule is C[C@]12CCC(=O)C=C1CCC1C2C(O)C[C@@]2(C)C1CC[C@@]2(O)C(=O)COC(=O)C([NH3+])CCC(=O)[O-]. The molecule has 0 aliphatic heterocycles. The van der Waals surface area contributed by atoms with Crippen LogP contribution in [0.25, 0.3) is 0 Å². The highest BCUT2D eigenvalue weighted by molar-refractivity contribution is 5.92. The molecule has 0 heterocycles. The molecule has 9 heteroatoms. The van der Waals surface area contributed by atoms with E-state index in [0.717, 1.165) is 18.4 Å². The zero-order valence-corrected chi connectivity index (χ0v) is 20.6. The molecule has 0 aromatic carbocycles. The Morgan fingerprint density at radius 3 is 2.63 bits per heavy atom. The van der Waals surface area contributed by atoms with Crippen molar-refractivity contribution in [2.45, 2.75) is 89.4 Å². The number of carbonyl (C=O) groups excluding carboxylic acids is 4. The van der Waals surface area contributed by atoms with Crippen LogP contribution in [-0.2, 0) is 23.9 Å². The van der Waals surface area contributed by atoms with E-state index in [1.54, 1.807) is 6.08 Å². The summed E-state index contributed by atoms with van der Waals surface area (Å²) >= 11 is 0. The first-order valence-corrected chi connectivity index (χ1v) is 12.7. The predicted octanol–water partition coefficient (Wildman–Crippen LogP) is -0.527. The van der Waals surface area contributed by atoms with Crippen LogP contribution in [0, 0.1) is 28.6 Å². The maximum atomic E-state index is 13.2. The van der Waals surface area contributed by atoms with Gasteiger partial charge in [-0.2, -0.15) is 0 Å². The minimum Gasteiger partial charge on any atom is -0.550 e. The Morgan fingerprint density at radius 2 is 1.94 bits per heavy atom. The van der Waals surface area contributed by atoms with Crippen molar-refractivity contribution in [3.8, 4) is 0 Å². The Morgan fingerprint density at radius 1 is 1.23 bits per heavy atom. The highest BCUT2D eigenvalue weighted by Gasteiger charge is 2.68. The third-order valence-electron chi connectivity index (χ3n) is 9.89. The number of aliphatic hydroxyl groups is 2. The summed E-state index contributed by atoms with van der Waals surface area (Å²) in [6.45, 7) is 3.40. The molecule has 0 bridgehead atoms. The van der Waals surface area contributed by atoms with Crippen LogP contribution in [0.15, 0.2) is 11.6 Å². The van der Waals surface area contributed by atoms with Crippen LogP contribution in [0.4, 0.5) is 0 Å². The maximum absolute atomic E-state index is 13.2. The van der Waals surface area contributed by atoms with Crippen LogP contribution in [0.1, 0.15) is 71.6 Å². The molecule has 194 valence electrons. The summed E-state index contributed by atoms with van der Waals surface area (Å²) in [5.41, 5.74) is 1.85. The van der Waals surface area contributed by atoms with Gasteiger partial charge in [-0.15, -0.1) is 0 Å². The van der Waals surface area contributed by atoms with Crippen LogP contribution >= 0.6 is 0 Å². The van der Waals surface area contributed by atoms with Crippen LogP contribution in [-0.4, -0.2) is 58.1 Å². The molecular weight excluding hydrogens is 454 g/mol. The van der Waals surface area contributed by atoms with Gasteiger partial charge in [-0.3, -0.25) is 9.59 Å². The molecule has 4 aliphatic carbocycles. The van der Waals surface area contributed by atoms with Crippen LogP contribution in [0.3, 0.4) is 0 Å².